The van der Waals surface area contributed by atoms with Crippen LogP contribution in [-0.2, 0) is 0 Å². The quantitative estimate of drug-likeness (QED) is 0.883. The first kappa shape index (κ1) is 13.2. The first-order valence-corrected chi connectivity index (χ1v) is 5.60. The number of carboxylic acid groups (broad SMARTS) is 1. The summed E-state index contributed by atoms with van der Waals surface area (Å²) in [6, 6.07) is 3.74. The lowest BCUT2D eigenvalue weighted by Crippen LogP contribution is -2.10. The average Bonchev–Trinajstić information content (AvgIpc) is 2.26. The minimum atomic E-state index is -1.20. The molecule has 2 aromatic rings. The molecule has 3 N–H and O–H groups in total. The van der Waals surface area contributed by atoms with E-state index in [1.165, 1.54) is 19.1 Å². The van der Waals surface area contributed by atoms with Crippen LogP contribution in [-0.4, -0.2) is 21.0 Å². The highest BCUT2D eigenvalue weighted by Crippen LogP contribution is 2.27. The average molecular weight is 282 g/mol. The number of anilines is 1. The Hall–Kier alpha value is -2.21. The molecular weight excluding hydrogens is 273 g/mol. The molecule has 0 radical (unpaired) electrons. The van der Waals surface area contributed by atoms with Crippen LogP contribution in [0.2, 0.25) is 5.02 Å². The molecule has 1 heterocycles. The van der Waals surface area contributed by atoms with E-state index in [0.717, 1.165) is 6.07 Å². The molecule has 0 aliphatic carbocycles. The predicted molar refractivity (Wildman–Crippen MR) is 68.5 cm³/mol. The molecule has 2 rings (SSSR count). The largest absolute Gasteiger partial charge is 0.477 e. The summed E-state index contributed by atoms with van der Waals surface area (Å²) in [6.07, 6.45) is 0. The van der Waals surface area contributed by atoms with Crippen LogP contribution in [0.3, 0.4) is 0 Å². The molecule has 19 heavy (non-hydrogen) atoms. The van der Waals surface area contributed by atoms with Gasteiger partial charge in [0.2, 0.25) is 0 Å². The van der Waals surface area contributed by atoms with Crippen molar-refractivity contribution in [2.45, 2.75) is 6.92 Å². The predicted octanol–water partition coefficient (Wildman–Crippen LogP) is 2.52. The van der Waals surface area contributed by atoms with Gasteiger partial charge in [-0.05, 0) is 25.1 Å². The fourth-order valence-electron chi connectivity index (χ4n) is 1.65. The van der Waals surface area contributed by atoms with E-state index in [9.17, 15) is 9.18 Å². The highest BCUT2D eigenvalue weighted by molar-refractivity contribution is 6.33. The van der Waals surface area contributed by atoms with Gasteiger partial charge < -0.3 is 10.8 Å². The van der Waals surface area contributed by atoms with Gasteiger partial charge >= 0.3 is 5.97 Å². The standard InChI is InChI=1S/C12H9ClFN3O2/c1-5-9(12(18)19)10(15)17-11(16-5)7-3-2-6(14)4-8(7)13/h2-4H,1H3,(H,18,19)(H2,15,16,17). The van der Waals surface area contributed by atoms with Crippen LogP contribution in [0.5, 0.6) is 0 Å². The lowest BCUT2D eigenvalue weighted by atomic mass is 10.1. The molecule has 0 amide bonds. The van der Waals surface area contributed by atoms with Crippen molar-refractivity contribution >= 4 is 23.4 Å². The molecule has 5 nitrogen and oxygen atoms in total. The number of carbonyl (C=O) groups is 1. The Balaban J connectivity index is 2.61. The number of nitrogens with two attached hydrogens (primary N) is 1. The zero-order valence-electron chi connectivity index (χ0n) is 9.82. The monoisotopic (exact) mass is 281 g/mol. The fourth-order valence-corrected chi connectivity index (χ4v) is 1.90. The van der Waals surface area contributed by atoms with Crippen molar-refractivity contribution in [2.24, 2.45) is 0 Å². The number of hydrogen-bond acceptors (Lipinski definition) is 4. The molecule has 1 aromatic heterocycles. The van der Waals surface area contributed by atoms with Crippen LogP contribution < -0.4 is 5.73 Å². The molecule has 0 unspecified atom stereocenters. The van der Waals surface area contributed by atoms with E-state index < -0.39 is 11.8 Å². The van der Waals surface area contributed by atoms with Gasteiger partial charge in [0.15, 0.2) is 5.82 Å². The van der Waals surface area contributed by atoms with Crippen molar-refractivity contribution < 1.29 is 14.3 Å². The van der Waals surface area contributed by atoms with Crippen LogP contribution in [0.1, 0.15) is 16.1 Å². The molecule has 7 heteroatoms. The highest BCUT2D eigenvalue weighted by atomic mass is 35.5. The number of aromatic carboxylic acids is 1. The number of hydrogen-bond donors (Lipinski definition) is 2. The number of nitrogen functional groups attached to an aromatic ring is 1. The van der Waals surface area contributed by atoms with E-state index in [4.69, 9.17) is 22.4 Å². The Kier molecular flexibility index (Phi) is 3.35. The van der Waals surface area contributed by atoms with E-state index in [1.54, 1.807) is 0 Å². The molecule has 0 spiro atoms. The van der Waals surface area contributed by atoms with Gasteiger partial charge in [-0.25, -0.2) is 19.2 Å². The molecular formula is C12H9ClFN3O2. The van der Waals surface area contributed by atoms with Crippen LogP contribution in [0.15, 0.2) is 18.2 Å². The van der Waals surface area contributed by atoms with Crippen molar-refractivity contribution in [3.8, 4) is 11.4 Å². The van der Waals surface area contributed by atoms with Gasteiger partial charge in [0.1, 0.15) is 17.2 Å². The first-order chi connectivity index (χ1) is 8.90. The van der Waals surface area contributed by atoms with E-state index in [2.05, 4.69) is 9.97 Å². The van der Waals surface area contributed by atoms with Gasteiger partial charge in [0, 0.05) is 5.56 Å². The summed E-state index contributed by atoms with van der Waals surface area (Å²) >= 11 is 5.89. The number of carboxylic acids is 1. The number of halogens is 2. The first-order valence-electron chi connectivity index (χ1n) is 5.23. The number of aromatic nitrogens is 2. The topological polar surface area (TPSA) is 89.1 Å². The number of nitrogens with zero attached hydrogens (tertiary/aromatic N) is 2. The summed E-state index contributed by atoms with van der Waals surface area (Å²) < 4.78 is 13.0. The molecule has 0 saturated carbocycles. The molecule has 0 bridgehead atoms. The minimum Gasteiger partial charge on any atom is -0.477 e. The SMILES string of the molecule is Cc1nc(-c2ccc(F)cc2Cl)nc(N)c1C(=O)O. The van der Waals surface area contributed by atoms with Gasteiger partial charge in [-0.3, -0.25) is 0 Å². The molecule has 0 saturated heterocycles. The third kappa shape index (κ3) is 2.48. The van der Waals surface area contributed by atoms with Crippen molar-refractivity contribution in [3.63, 3.8) is 0 Å². The Morgan fingerprint density at radius 2 is 2.11 bits per heavy atom. The van der Waals surface area contributed by atoms with Crippen molar-refractivity contribution in [1.29, 1.82) is 0 Å². The van der Waals surface area contributed by atoms with E-state index >= 15 is 0 Å². The van der Waals surface area contributed by atoms with E-state index in [-0.39, 0.29) is 27.9 Å². The third-order valence-electron chi connectivity index (χ3n) is 2.50. The Morgan fingerprint density at radius 3 is 2.63 bits per heavy atom. The zero-order chi connectivity index (χ0) is 14.2. The van der Waals surface area contributed by atoms with Crippen LogP contribution in [0.4, 0.5) is 10.2 Å². The summed E-state index contributed by atoms with van der Waals surface area (Å²) in [5, 5.41) is 9.09. The number of benzene rings is 1. The molecule has 0 atom stereocenters. The van der Waals surface area contributed by atoms with Gasteiger partial charge in [0.05, 0.1) is 10.7 Å². The fraction of sp³-hybridized carbons (Fsp3) is 0.0833. The molecule has 0 fully saturated rings. The second-order valence-electron chi connectivity index (χ2n) is 3.82. The van der Waals surface area contributed by atoms with Crippen molar-refractivity contribution in [3.05, 3.63) is 40.3 Å². The Labute approximate surface area is 112 Å². The van der Waals surface area contributed by atoms with Gasteiger partial charge in [-0.15, -0.1) is 0 Å². The summed E-state index contributed by atoms with van der Waals surface area (Å²) in [5.41, 5.74) is 6.04. The lowest BCUT2D eigenvalue weighted by molar-refractivity contribution is 0.0696. The summed E-state index contributed by atoms with van der Waals surface area (Å²) in [5.74, 6) is -1.69. The molecule has 0 aliphatic heterocycles. The smallest absolute Gasteiger partial charge is 0.341 e. The second kappa shape index (κ2) is 4.81. The Bertz CT molecular complexity index is 653. The van der Waals surface area contributed by atoms with Crippen LogP contribution >= 0.6 is 11.6 Å². The maximum Gasteiger partial charge on any atom is 0.341 e. The lowest BCUT2D eigenvalue weighted by Gasteiger charge is -2.08. The van der Waals surface area contributed by atoms with Crippen LogP contribution in [0, 0.1) is 12.7 Å². The zero-order valence-corrected chi connectivity index (χ0v) is 10.6. The molecule has 1 aromatic carbocycles. The van der Waals surface area contributed by atoms with Crippen molar-refractivity contribution in [2.75, 3.05) is 5.73 Å². The maximum absolute atomic E-state index is 13.0. The third-order valence-corrected chi connectivity index (χ3v) is 2.82. The summed E-state index contributed by atoms with van der Waals surface area (Å²) in [4.78, 5) is 18.9. The van der Waals surface area contributed by atoms with Crippen LogP contribution in [0.25, 0.3) is 11.4 Å². The Morgan fingerprint density at radius 1 is 1.42 bits per heavy atom. The van der Waals surface area contributed by atoms with Gasteiger partial charge in [-0.1, -0.05) is 11.6 Å². The summed E-state index contributed by atoms with van der Waals surface area (Å²) in [7, 11) is 0. The molecule has 0 aliphatic rings. The van der Waals surface area contributed by atoms with E-state index in [1.807, 2.05) is 0 Å². The van der Waals surface area contributed by atoms with Crippen molar-refractivity contribution in [1.82, 2.24) is 9.97 Å². The highest BCUT2D eigenvalue weighted by Gasteiger charge is 2.17. The summed E-state index contributed by atoms with van der Waals surface area (Å²) in [6.45, 7) is 1.50. The minimum absolute atomic E-state index is 0.127. The van der Waals surface area contributed by atoms with E-state index in [0.29, 0.717) is 5.56 Å². The number of aryl methyl sites for hydroxylation is 1. The normalized spacial score (nSPS) is 10.5. The maximum atomic E-state index is 13.0. The van der Waals surface area contributed by atoms with Gasteiger partial charge in [-0.2, -0.15) is 0 Å². The second-order valence-corrected chi connectivity index (χ2v) is 4.23. The van der Waals surface area contributed by atoms with Gasteiger partial charge in [0.25, 0.3) is 0 Å². The number of rotatable bonds is 2. The molecule has 98 valence electrons.